The molecule has 0 aromatic carbocycles. The summed E-state index contributed by atoms with van der Waals surface area (Å²) in [4.78, 5) is 19.8. The summed E-state index contributed by atoms with van der Waals surface area (Å²) >= 11 is 1.69. The molecular formula is C16H23N3O2S. The van der Waals surface area contributed by atoms with E-state index in [4.69, 9.17) is 4.74 Å². The molecule has 0 bridgehead atoms. The van der Waals surface area contributed by atoms with Crippen LogP contribution < -0.4 is 5.32 Å². The van der Waals surface area contributed by atoms with Crippen LogP contribution in [0.25, 0.3) is 0 Å². The van der Waals surface area contributed by atoms with Gasteiger partial charge in [-0.1, -0.05) is 0 Å². The van der Waals surface area contributed by atoms with E-state index >= 15 is 0 Å². The lowest BCUT2D eigenvalue weighted by atomic mass is 9.75. The molecular weight excluding hydrogens is 298 g/mol. The largest absolute Gasteiger partial charge is 0.377 e. The third-order valence-corrected chi connectivity index (χ3v) is 5.94. The molecule has 2 aliphatic heterocycles. The predicted octanol–water partition coefficient (Wildman–Crippen LogP) is 1.71. The molecule has 2 atom stereocenters. The second kappa shape index (κ2) is 5.58. The highest BCUT2D eigenvalue weighted by molar-refractivity contribution is 7.09. The van der Waals surface area contributed by atoms with Crippen LogP contribution in [0.4, 0.5) is 0 Å². The number of likely N-dealkylation sites (tertiary alicyclic amines) is 1. The number of nitrogens with one attached hydrogen (secondary N) is 1. The average Bonchev–Trinajstić information content (AvgIpc) is 3.05. The van der Waals surface area contributed by atoms with Gasteiger partial charge in [-0.3, -0.25) is 9.69 Å². The first kappa shape index (κ1) is 14.6. The SMILES string of the molecule is Cc1nc(CN2CC[C@H]3OCC[C@@]3(C(=O)NC3CC3)C2)cs1. The molecule has 0 unspecified atom stereocenters. The molecule has 0 spiro atoms. The minimum absolute atomic E-state index is 0.0969. The van der Waals surface area contributed by atoms with E-state index in [0.717, 1.165) is 56.0 Å². The number of nitrogens with zero attached hydrogens (tertiary/aromatic N) is 2. The Bertz CT molecular complexity index is 571. The number of aryl methyl sites for hydroxylation is 1. The molecule has 1 aliphatic carbocycles. The van der Waals surface area contributed by atoms with Gasteiger partial charge in [-0.2, -0.15) is 0 Å². The fourth-order valence-corrected chi connectivity index (χ4v) is 4.36. The lowest BCUT2D eigenvalue weighted by molar-refractivity contribution is -0.139. The minimum Gasteiger partial charge on any atom is -0.377 e. The molecule has 1 aromatic rings. The topological polar surface area (TPSA) is 54.5 Å². The molecule has 0 radical (unpaired) electrons. The van der Waals surface area contributed by atoms with Crippen LogP contribution in [0, 0.1) is 12.3 Å². The summed E-state index contributed by atoms with van der Waals surface area (Å²) in [5.41, 5.74) is 0.781. The Balaban J connectivity index is 1.49. The van der Waals surface area contributed by atoms with E-state index in [9.17, 15) is 4.79 Å². The minimum atomic E-state index is -0.341. The molecule has 3 aliphatic rings. The first-order valence-corrected chi connectivity index (χ1v) is 9.10. The smallest absolute Gasteiger partial charge is 0.230 e. The van der Waals surface area contributed by atoms with Crippen molar-refractivity contribution in [3.63, 3.8) is 0 Å². The number of thiazole rings is 1. The van der Waals surface area contributed by atoms with Gasteiger partial charge in [0.15, 0.2) is 0 Å². The fourth-order valence-electron chi connectivity index (χ4n) is 3.76. The molecule has 5 nitrogen and oxygen atoms in total. The van der Waals surface area contributed by atoms with E-state index in [1.54, 1.807) is 11.3 Å². The van der Waals surface area contributed by atoms with Gasteiger partial charge < -0.3 is 10.1 Å². The Morgan fingerprint density at radius 3 is 3.14 bits per heavy atom. The van der Waals surface area contributed by atoms with Gasteiger partial charge in [-0.15, -0.1) is 11.3 Å². The molecule has 3 heterocycles. The Hall–Kier alpha value is -0.980. The number of fused-ring (bicyclic) bond motifs is 1. The summed E-state index contributed by atoms with van der Waals surface area (Å²) in [6, 6.07) is 0.416. The van der Waals surface area contributed by atoms with Crippen LogP contribution >= 0.6 is 11.3 Å². The third-order valence-electron chi connectivity index (χ3n) is 5.11. The van der Waals surface area contributed by atoms with Crippen LogP contribution in [0.1, 0.15) is 36.4 Å². The molecule has 120 valence electrons. The van der Waals surface area contributed by atoms with E-state index in [-0.39, 0.29) is 17.4 Å². The number of carbonyl (C=O) groups excluding carboxylic acids is 1. The standard InChI is InChI=1S/C16H23N3O2S/c1-11-17-13(9-22-11)8-19-6-4-14-16(10-19,5-7-21-14)15(20)18-12-2-3-12/h9,12,14H,2-8,10H2,1H3,(H,18,20)/t14-,16-/m1/s1. The molecule has 3 fully saturated rings. The van der Waals surface area contributed by atoms with E-state index in [1.165, 1.54) is 0 Å². The average molecular weight is 321 g/mol. The number of carbonyl (C=O) groups is 1. The maximum Gasteiger partial charge on any atom is 0.230 e. The Kier molecular flexibility index (Phi) is 3.71. The fraction of sp³-hybridized carbons (Fsp3) is 0.750. The number of rotatable bonds is 4. The van der Waals surface area contributed by atoms with E-state index < -0.39 is 0 Å². The number of amides is 1. The molecule has 1 amide bonds. The molecule has 4 rings (SSSR count). The van der Waals surface area contributed by atoms with Gasteiger partial charge in [0.2, 0.25) is 5.91 Å². The van der Waals surface area contributed by atoms with E-state index in [2.05, 4.69) is 20.6 Å². The van der Waals surface area contributed by atoms with Crippen molar-refractivity contribution >= 4 is 17.2 Å². The van der Waals surface area contributed by atoms with Crippen LogP contribution in [0.3, 0.4) is 0 Å². The molecule has 22 heavy (non-hydrogen) atoms. The van der Waals surface area contributed by atoms with Crippen LogP contribution in [0.5, 0.6) is 0 Å². The summed E-state index contributed by atoms with van der Waals surface area (Å²) in [6.07, 6.45) is 4.16. The van der Waals surface area contributed by atoms with E-state index in [0.29, 0.717) is 12.6 Å². The van der Waals surface area contributed by atoms with Gasteiger partial charge in [0.05, 0.1) is 22.2 Å². The maximum atomic E-state index is 12.8. The monoisotopic (exact) mass is 321 g/mol. The quantitative estimate of drug-likeness (QED) is 0.917. The van der Waals surface area contributed by atoms with Crippen molar-refractivity contribution < 1.29 is 9.53 Å². The van der Waals surface area contributed by atoms with Crippen molar-refractivity contribution in [2.45, 2.75) is 51.3 Å². The first-order chi connectivity index (χ1) is 10.7. The van der Waals surface area contributed by atoms with E-state index in [1.807, 2.05) is 6.92 Å². The summed E-state index contributed by atoms with van der Waals surface area (Å²) in [5, 5.41) is 6.45. The van der Waals surface area contributed by atoms with Gasteiger partial charge in [0.25, 0.3) is 0 Å². The second-order valence-electron chi connectivity index (χ2n) is 6.87. The summed E-state index contributed by atoms with van der Waals surface area (Å²) in [5.74, 6) is 0.219. The highest BCUT2D eigenvalue weighted by atomic mass is 32.1. The van der Waals surface area contributed by atoms with Crippen molar-refractivity contribution in [2.24, 2.45) is 5.41 Å². The highest BCUT2D eigenvalue weighted by Crippen LogP contribution is 2.42. The van der Waals surface area contributed by atoms with Gasteiger partial charge >= 0.3 is 0 Å². The predicted molar refractivity (Wildman–Crippen MR) is 84.7 cm³/mol. The number of hydrogen-bond acceptors (Lipinski definition) is 5. The van der Waals surface area contributed by atoms with Crippen molar-refractivity contribution in [1.82, 2.24) is 15.2 Å². The summed E-state index contributed by atoms with van der Waals surface area (Å²) in [6.45, 7) is 5.38. The van der Waals surface area contributed by atoms with Gasteiger partial charge in [-0.05, 0) is 32.6 Å². The number of ether oxygens (including phenoxy) is 1. The lowest BCUT2D eigenvalue weighted by Gasteiger charge is -2.42. The first-order valence-electron chi connectivity index (χ1n) is 8.22. The van der Waals surface area contributed by atoms with Gasteiger partial charge in [0, 0.05) is 37.7 Å². The zero-order chi connectivity index (χ0) is 15.2. The van der Waals surface area contributed by atoms with Crippen LogP contribution in [-0.2, 0) is 16.1 Å². The molecule has 1 aromatic heterocycles. The Morgan fingerprint density at radius 1 is 1.55 bits per heavy atom. The van der Waals surface area contributed by atoms with Gasteiger partial charge in [-0.25, -0.2) is 4.98 Å². The van der Waals surface area contributed by atoms with Crippen molar-refractivity contribution in [3.05, 3.63) is 16.1 Å². The van der Waals surface area contributed by atoms with Crippen molar-refractivity contribution in [3.8, 4) is 0 Å². The lowest BCUT2D eigenvalue weighted by Crippen LogP contribution is -2.57. The van der Waals surface area contributed by atoms with Crippen molar-refractivity contribution in [1.29, 1.82) is 0 Å². The Labute approximate surface area is 135 Å². The zero-order valence-electron chi connectivity index (χ0n) is 13.0. The van der Waals surface area contributed by atoms with Gasteiger partial charge in [0.1, 0.15) is 0 Å². The normalized spacial score (nSPS) is 32.0. The number of hydrogen-bond donors (Lipinski definition) is 1. The van der Waals surface area contributed by atoms with Crippen LogP contribution in [-0.4, -0.2) is 47.6 Å². The Morgan fingerprint density at radius 2 is 2.41 bits per heavy atom. The molecule has 2 saturated heterocycles. The number of aromatic nitrogens is 1. The molecule has 6 heteroatoms. The summed E-state index contributed by atoms with van der Waals surface area (Å²) in [7, 11) is 0. The maximum absolute atomic E-state index is 12.8. The molecule has 1 saturated carbocycles. The van der Waals surface area contributed by atoms with Crippen LogP contribution in [0.15, 0.2) is 5.38 Å². The molecule has 1 N–H and O–H groups in total. The zero-order valence-corrected chi connectivity index (χ0v) is 13.8. The van der Waals surface area contributed by atoms with Crippen molar-refractivity contribution in [2.75, 3.05) is 19.7 Å². The third kappa shape index (κ3) is 2.68. The second-order valence-corrected chi connectivity index (χ2v) is 7.93. The number of piperidine rings is 1. The summed E-state index contributed by atoms with van der Waals surface area (Å²) < 4.78 is 5.88. The highest BCUT2D eigenvalue weighted by Gasteiger charge is 2.53. The van der Waals surface area contributed by atoms with Crippen LogP contribution in [0.2, 0.25) is 0 Å².